The average Bonchev–Trinajstić information content (AvgIpc) is 2.44. The van der Waals surface area contributed by atoms with Gasteiger partial charge >= 0.3 is 14.0 Å². The number of allylic oxidation sites excluding steroid dienone is 1. The fraction of sp³-hybridized carbons (Fsp3) is 0.429. The Kier molecular flexibility index (Phi) is 7.29. The van der Waals surface area contributed by atoms with Gasteiger partial charge in [0, 0.05) is 0 Å². The zero-order chi connectivity index (χ0) is 16.6. The second-order valence-electron chi connectivity index (χ2n) is 4.06. The van der Waals surface area contributed by atoms with E-state index in [-0.39, 0.29) is 18.8 Å². The lowest BCUT2D eigenvalue weighted by molar-refractivity contribution is -0.0692. The van der Waals surface area contributed by atoms with Crippen LogP contribution in [-0.2, 0) is 18.1 Å². The van der Waals surface area contributed by atoms with Crippen molar-refractivity contribution < 1.29 is 31.3 Å². The summed E-state index contributed by atoms with van der Waals surface area (Å²) < 4.78 is 65.8. The summed E-state index contributed by atoms with van der Waals surface area (Å²) in [4.78, 5) is 0. The maximum atomic E-state index is 13.1. The molecule has 1 aromatic rings. The molecule has 0 amide bonds. The van der Waals surface area contributed by atoms with E-state index in [9.17, 15) is 17.7 Å². The third-order valence-electron chi connectivity index (χ3n) is 2.48. The van der Waals surface area contributed by atoms with E-state index in [1.807, 2.05) is 0 Å². The Morgan fingerprint density at radius 2 is 1.64 bits per heavy atom. The molecule has 0 atom stereocenters. The lowest BCUT2D eigenvalue weighted by Crippen LogP contribution is -2.12. The van der Waals surface area contributed by atoms with Crippen LogP contribution in [0, 0.1) is 0 Å². The van der Waals surface area contributed by atoms with E-state index >= 15 is 0 Å². The maximum absolute atomic E-state index is 13.1. The lowest BCUT2D eigenvalue weighted by Gasteiger charge is -2.16. The van der Waals surface area contributed by atoms with Crippen LogP contribution in [0.4, 0.5) is 13.2 Å². The summed E-state index contributed by atoms with van der Waals surface area (Å²) in [5.74, 6) is 0. The molecule has 0 saturated carbocycles. The number of alkyl halides is 3. The zero-order valence-corrected chi connectivity index (χ0v) is 13.2. The van der Waals surface area contributed by atoms with Crippen LogP contribution in [-0.4, -0.2) is 26.0 Å². The summed E-state index contributed by atoms with van der Waals surface area (Å²) in [6.45, 7) is 2.74. The van der Waals surface area contributed by atoms with Crippen LogP contribution in [0.3, 0.4) is 0 Å². The van der Waals surface area contributed by atoms with Crippen molar-refractivity contribution in [1.82, 2.24) is 0 Å². The van der Waals surface area contributed by atoms with E-state index < -0.39 is 26.2 Å². The minimum atomic E-state index is -4.55. The summed E-state index contributed by atoms with van der Waals surface area (Å²) in [7, 11) is -3.83. The zero-order valence-electron chi connectivity index (χ0n) is 12.3. The minimum Gasteiger partial charge on any atom is -0.287 e. The fourth-order valence-electron chi connectivity index (χ4n) is 1.65. The molecular weight excluding hydrogens is 320 g/mol. The second kappa shape index (κ2) is 8.48. The summed E-state index contributed by atoms with van der Waals surface area (Å²) in [6, 6.07) is 7.29. The van der Waals surface area contributed by atoms with Crippen LogP contribution >= 0.6 is 7.82 Å². The molecule has 8 heteroatoms. The first kappa shape index (κ1) is 18.9. The molecule has 0 radical (unpaired) electrons. The van der Waals surface area contributed by atoms with E-state index in [4.69, 9.17) is 13.6 Å². The largest absolute Gasteiger partial charge is 0.475 e. The second-order valence-corrected chi connectivity index (χ2v) is 5.73. The number of hydrogen-bond donors (Lipinski definition) is 0. The van der Waals surface area contributed by atoms with Gasteiger partial charge in [0.25, 0.3) is 0 Å². The Bertz CT molecular complexity index is 519. The van der Waals surface area contributed by atoms with Gasteiger partial charge in [-0.3, -0.25) is 13.6 Å². The van der Waals surface area contributed by atoms with Crippen molar-refractivity contribution in [2.24, 2.45) is 0 Å². The summed E-state index contributed by atoms with van der Waals surface area (Å²) in [6.07, 6.45) is -3.73. The molecular formula is C14H18F3O4P. The normalized spacial score (nSPS) is 13.4. The van der Waals surface area contributed by atoms with Crippen LogP contribution in [0.15, 0.2) is 36.4 Å². The van der Waals surface area contributed by atoms with Gasteiger partial charge in [-0.1, -0.05) is 30.3 Å². The highest BCUT2D eigenvalue weighted by atomic mass is 31.2. The first-order valence-corrected chi connectivity index (χ1v) is 8.15. The third kappa shape index (κ3) is 5.93. The topological polar surface area (TPSA) is 44.8 Å². The number of hydrogen-bond acceptors (Lipinski definition) is 4. The van der Waals surface area contributed by atoms with Gasteiger partial charge < -0.3 is 0 Å². The van der Waals surface area contributed by atoms with Gasteiger partial charge in [-0.2, -0.15) is 13.2 Å². The van der Waals surface area contributed by atoms with E-state index in [0.29, 0.717) is 0 Å². The van der Waals surface area contributed by atoms with Gasteiger partial charge in [-0.25, -0.2) is 4.57 Å². The third-order valence-corrected chi connectivity index (χ3v) is 4.10. The van der Waals surface area contributed by atoms with Crippen molar-refractivity contribution in [2.45, 2.75) is 20.0 Å². The molecule has 0 bridgehead atoms. The van der Waals surface area contributed by atoms with Crippen LogP contribution in [0.1, 0.15) is 19.4 Å². The highest BCUT2D eigenvalue weighted by molar-refractivity contribution is 7.48. The van der Waals surface area contributed by atoms with Gasteiger partial charge in [0.2, 0.25) is 0 Å². The molecule has 0 heterocycles. The molecule has 1 aromatic carbocycles. The number of phosphoric ester groups is 1. The Hall–Kier alpha value is -1.14. The smallest absolute Gasteiger partial charge is 0.287 e. The summed E-state index contributed by atoms with van der Waals surface area (Å²) in [5, 5.41) is 0. The molecule has 4 nitrogen and oxygen atoms in total. The first-order chi connectivity index (χ1) is 10.3. The number of phosphoric acid groups is 1. The number of benzene rings is 1. The molecule has 0 fully saturated rings. The van der Waals surface area contributed by atoms with Crippen molar-refractivity contribution >= 4 is 13.4 Å². The number of rotatable bonds is 8. The fourth-order valence-corrected chi connectivity index (χ4v) is 2.77. The van der Waals surface area contributed by atoms with E-state index in [0.717, 1.165) is 6.08 Å². The molecule has 0 aliphatic carbocycles. The van der Waals surface area contributed by atoms with Crippen molar-refractivity contribution in [3.8, 4) is 0 Å². The lowest BCUT2D eigenvalue weighted by atomic mass is 10.1. The number of halogens is 3. The van der Waals surface area contributed by atoms with Crippen LogP contribution in [0.5, 0.6) is 0 Å². The molecule has 124 valence electrons. The molecule has 0 unspecified atom stereocenters. The van der Waals surface area contributed by atoms with Crippen LogP contribution in [0.2, 0.25) is 0 Å². The highest BCUT2D eigenvalue weighted by Gasteiger charge is 2.34. The standard InChI is InChI=1S/C14H18F3O4P/c1-3-19-22(18,20-4-2)21-11-10-13(14(15,16)17)12-8-6-5-7-9-12/h5-10H,3-4,11H2,1-2H3/b13-10+. The molecule has 1 rings (SSSR count). The quantitative estimate of drug-likeness (QED) is 0.637. The van der Waals surface area contributed by atoms with Crippen LogP contribution < -0.4 is 0 Å². The summed E-state index contributed by atoms with van der Waals surface area (Å²) in [5.41, 5.74) is -0.867. The predicted molar refractivity (Wildman–Crippen MR) is 77.3 cm³/mol. The van der Waals surface area contributed by atoms with Crippen molar-refractivity contribution in [3.05, 3.63) is 42.0 Å². The average molecular weight is 338 g/mol. The molecule has 0 saturated heterocycles. The van der Waals surface area contributed by atoms with Gasteiger partial charge in [0.05, 0.1) is 25.4 Å². The van der Waals surface area contributed by atoms with Gasteiger partial charge in [-0.15, -0.1) is 0 Å². The Balaban J connectivity index is 2.89. The molecule has 22 heavy (non-hydrogen) atoms. The summed E-state index contributed by atoms with van der Waals surface area (Å²) >= 11 is 0. The minimum absolute atomic E-state index is 0.00116. The monoisotopic (exact) mass is 338 g/mol. The van der Waals surface area contributed by atoms with E-state index in [2.05, 4.69) is 0 Å². The Labute approximate surface area is 127 Å². The SMILES string of the molecule is CCOP(=O)(OCC)OC/C=C(\c1ccccc1)C(F)(F)F. The predicted octanol–water partition coefficient (Wildman–Crippen LogP) is 4.83. The van der Waals surface area contributed by atoms with Gasteiger partial charge in [0.15, 0.2) is 0 Å². The Morgan fingerprint density at radius 3 is 2.09 bits per heavy atom. The van der Waals surface area contributed by atoms with Crippen molar-refractivity contribution in [3.63, 3.8) is 0 Å². The van der Waals surface area contributed by atoms with Crippen molar-refractivity contribution in [1.29, 1.82) is 0 Å². The van der Waals surface area contributed by atoms with E-state index in [1.165, 1.54) is 24.3 Å². The molecule has 0 spiro atoms. The van der Waals surface area contributed by atoms with Crippen molar-refractivity contribution in [2.75, 3.05) is 19.8 Å². The first-order valence-electron chi connectivity index (χ1n) is 6.69. The van der Waals surface area contributed by atoms with Gasteiger partial charge in [0.1, 0.15) is 0 Å². The van der Waals surface area contributed by atoms with Crippen LogP contribution in [0.25, 0.3) is 5.57 Å². The maximum Gasteiger partial charge on any atom is 0.475 e. The molecule has 0 N–H and O–H groups in total. The van der Waals surface area contributed by atoms with E-state index in [1.54, 1.807) is 19.9 Å². The molecule has 0 aromatic heterocycles. The molecule has 0 aliphatic rings. The highest BCUT2D eigenvalue weighted by Crippen LogP contribution is 2.49. The molecule has 0 aliphatic heterocycles. The van der Waals surface area contributed by atoms with Gasteiger partial charge in [-0.05, 0) is 25.5 Å². The Morgan fingerprint density at radius 1 is 1.09 bits per heavy atom.